The second kappa shape index (κ2) is 8.66. The van der Waals surface area contributed by atoms with Crippen LogP contribution in [0, 0.1) is 0 Å². The lowest BCUT2D eigenvalue weighted by atomic mass is 10.0. The molecule has 3 aromatic rings. The molecule has 1 aromatic heterocycles. The van der Waals surface area contributed by atoms with E-state index in [1.165, 1.54) is 32.1 Å². The number of para-hydroxylation sites is 1. The topological polar surface area (TPSA) is 42.2 Å². The lowest BCUT2D eigenvalue weighted by molar-refractivity contribution is 0.0924. The maximum Gasteiger partial charge on any atom is 0.287 e. The first-order chi connectivity index (χ1) is 13.3. The predicted octanol–water partition coefficient (Wildman–Crippen LogP) is 5.93. The normalized spacial score (nSPS) is 15.1. The fourth-order valence-electron chi connectivity index (χ4n) is 3.72. The molecular weight excluding hydrogens is 354 g/mol. The highest BCUT2D eigenvalue weighted by Gasteiger charge is 2.22. The highest BCUT2D eigenvalue weighted by Crippen LogP contribution is 2.35. The average Bonchev–Trinajstić information content (AvgIpc) is 3.11. The van der Waals surface area contributed by atoms with E-state index >= 15 is 0 Å². The van der Waals surface area contributed by atoms with E-state index in [0.29, 0.717) is 17.6 Å². The van der Waals surface area contributed by atoms with Crippen molar-refractivity contribution in [1.29, 1.82) is 0 Å². The number of rotatable bonds is 6. The number of carbonyl (C=O) groups excluding carboxylic acids is 1. The van der Waals surface area contributed by atoms with Crippen molar-refractivity contribution in [2.45, 2.75) is 49.7 Å². The van der Waals surface area contributed by atoms with Crippen molar-refractivity contribution in [3.05, 3.63) is 71.5 Å². The minimum Gasteiger partial charge on any atom is -0.451 e. The molecule has 1 aliphatic carbocycles. The van der Waals surface area contributed by atoms with Crippen molar-refractivity contribution in [3.8, 4) is 0 Å². The molecule has 1 aliphatic rings. The Balaban J connectivity index is 1.52. The molecule has 0 atom stereocenters. The maximum atomic E-state index is 12.8. The first-order valence-electron chi connectivity index (χ1n) is 9.75. The number of amides is 1. The van der Waals surface area contributed by atoms with Crippen LogP contribution in [0.3, 0.4) is 0 Å². The predicted molar refractivity (Wildman–Crippen MR) is 112 cm³/mol. The summed E-state index contributed by atoms with van der Waals surface area (Å²) in [5, 5.41) is 4.77. The number of hydrogen-bond acceptors (Lipinski definition) is 3. The van der Waals surface area contributed by atoms with E-state index in [9.17, 15) is 4.79 Å². The zero-order valence-electron chi connectivity index (χ0n) is 15.4. The molecule has 0 unspecified atom stereocenters. The number of nitrogens with one attached hydrogen (secondary N) is 1. The first kappa shape index (κ1) is 18.2. The van der Waals surface area contributed by atoms with Crippen LogP contribution in [-0.2, 0) is 12.3 Å². The molecule has 4 rings (SSSR count). The van der Waals surface area contributed by atoms with Gasteiger partial charge in [0.25, 0.3) is 5.91 Å². The Hall–Kier alpha value is -2.20. The summed E-state index contributed by atoms with van der Waals surface area (Å²) < 4.78 is 5.96. The number of furan rings is 1. The summed E-state index contributed by atoms with van der Waals surface area (Å²) in [7, 11) is 0. The Morgan fingerprint density at radius 2 is 1.74 bits per heavy atom. The van der Waals surface area contributed by atoms with Crippen molar-refractivity contribution in [1.82, 2.24) is 5.32 Å². The number of benzene rings is 2. The van der Waals surface area contributed by atoms with Gasteiger partial charge in [0.2, 0.25) is 0 Å². The molecule has 27 heavy (non-hydrogen) atoms. The molecule has 0 bridgehead atoms. The fourth-order valence-corrected chi connectivity index (χ4v) is 5.07. The van der Waals surface area contributed by atoms with Crippen LogP contribution in [0.15, 0.2) is 59.0 Å². The number of hydrogen-bond donors (Lipinski definition) is 1. The molecule has 1 saturated carbocycles. The van der Waals surface area contributed by atoms with Crippen molar-refractivity contribution >= 4 is 28.6 Å². The van der Waals surface area contributed by atoms with Gasteiger partial charge in [-0.3, -0.25) is 4.79 Å². The average molecular weight is 380 g/mol. The van der Waals surface area contributed by atoms with Gasteiger partial charge in [0.1, 0.15) is 5.58 Å². The molecule has 3 nitrogen and oxygen atoms in total. The highest BCUT2D eigenvalue weighted by atomic mass is 32.2. The Labute approximate surface area is 164 Å². The molecule has 1 heterocycles. The van der Waals surface area contributed by atoms with Gasteiger partial charge in [0, 0.05) is 28.5 Å². The van der Waals surface area contributed by atoms with Crippen LogP contribution in [0.4, 0.5) is 0 Å². The van der Waals surface area contributed by atoms with Gasteiger partial charge in [-0.25, -0.2) is 0 Å². The Morgan fingerprint density at radius 3 is 2.56 bits per heavy atom. The van der Waals surface area contributed by atoms with Gasteiger partial charge in [-0.2, -0.15) is 11.8 Å². The molecule has 4 heteroatoms. The zero-order valence-corrected chi connectivity index (χ0v) is 16.3. The molecule has 0 spiro atoms. The second-order valence-electron chi connectivity index (χ2n) is 7.15. The van der Waals surface area contributed by atoms with Gasteiger partial charge < -0.3 is 9.73 Å². The first-order valence-corrected chi connectivity index (χ1v) is 10.8. The van der Waals surface area contributed by atoms with E-state index in [1.807, 2.05) is 60.3 Å². The van der Waals surface area contributed by atoms with Gasteiger partial charge in [-0.05, 0) is 24.5 Å². The van der Waals surface area contributed by atoms with Crippen LogP contribution in [0.1, 0.15) is 53.8 Å². The number of carbonyl (C=O) groups is 1. The van der Waals surface area contributed by atoms with Gasteiger partial charge in [0.15, 0.2) is 5.76 Å². The van der Waals surface area contributed by atoms with Crippen molar-refractivity contribution in [2.24, 2.45) is 0 Å². The fraction of sp³-hybridized carbons (Fsp3) is 0.348. The monoisotopic (exact) mass is 379 g/mol. The molecular formula is C23H25NO2S. The third-order valence-corrected chi connectivity index (χ3v) is 6.61. The summed E-state index contributed by atoms with van der Waals surface area (Å²) in [6.07, 6.45) is 6.59. The van der Waals surface area contributed by atoms with Crippen LogP contribution in [0.25, 0.3) is 11.0 Å². The van der Waals surface area contributed by atoms with E-state index in [2.05, 4.69) is 11.4 Å². The summed E-state index contributed by atoms with van der Waals surface area (Å²) in [4.78, 5) is 12.8. The summed E-state index contributed by atoms with van der Waals surface area (Å²) >= 11 is 1.98. The van der Waals surface area contributed by atoms with Crippen molar-refractivity contribution < 1.29 is 9.21 Å². The largest absolute Gasteiger partial charge is 0.451 e. The third-order valence-electron chi connectivity index (χ3n) is 5.22. The minimum atomic E-state index is -0.130. The molecule has 0 aliphatic heterocycles. The highest BCUT2D eigenvalue weighted by molar-refractivity contribution is 7.99. The SMILES string of the molecule is O=C(NCc1ccccc1)c1oc2ccccc2c1CSC1CCCCC1. The smallest absolute Gasteiger partial charge is 0.287 e. The Kier molecular flexibility index (Phi) is 5.83. The third kappa shape index (κ3) is 4.38. The van der Waals surface area contributed by atoms with Crippen molar-refractivity contribution in [2.75, 3.05) is 0 Å². The van der Waals surface area contributed by atoms with Crippen molar-refractivity contribution in [3.63, 3.8) is 0 Å². The molecule has 140 valence electrons. The molecule has 1 N–H and O–H groups in total. The summed E-state index contributed by atoms with van der Waals surface area (Å²) in [6.45, 7) is 0.506. The second-order valence-corrected chi connectivity index (χ2v) is 8.43. The van der Waals surface area contributed by atoms with Gasteiger partial charge in [-0.1, -0.05) is 67.8 Å². The molecule has 1 fully saturated rings. The van der Waals surface area contributed by atoms with Crippen LogP contribution in [0.5, 0.6) is 0 Å². The van der Waals surface area contributed by atoms with E-state index in [1.54, 1.807) is 0 Å². The minimum absolute atomic E-state index is 0.130. The molecule has 1 amide bonds. The number of fused-ring (bicyclic) bond motifs is 1. The lowest BCUT2D eigenvalue weighted by Gasteiger charge is -2.20. The standard InChI is InChI=1S/C23H25NO2S/c25-23(24-15-17-9-3-1-4-10-17)22-20(16-27-18-11-5-2-6-12-18)19-13-7-8-14-21(19)26-22/h1,3-4,7-10,13-14,18H,2,5-6,11-12,15-16H2,(H,24,25). The van der Waals surface area contributed by atoms with Crippen LogP contribution in [-0.4, -0.2) is 11.2 Å². The van der Waals surface area contributed by atoms with Crippen LogP contribution in [0.2, 0.25) is 0 Å². The lowest BCUT2D eigenvalue weighted by Crippen LogP contribution is -2.23. The summed E-state index contributed by atoms with van der Waals surface area (Å²) in [5.41, 5.74) is 2.91. The van der Waals surface area contributed by atoms with Gasteiger partial charge >= 0.3 is 0 Å². The number of thioether (sulfide) groups is 1. The zero-order chi connectivity index (χ0) is 18.5. The molecule has 2 aromatic carbocycles. The molecule has 0 radical (unpaired) electrons. The Bertz CT molecular complexity index is 897. The van der Waals surface area contributed by atoms with E-state index in [4.69, 9.17) is 4.42 Å². The van der Waals surface area contributed by atoms with Gasteiger partial charge in [0.05, 0.1) is 0 Å². The summed E-state index contributed by atoms with van der Waals surface area (Å²) in [5.74, 6) is 1.17. The quantitative estimate of drug-likeness (QED) is 0.577. The van der Waals surface area contributed by atoms with E-state index < -0.39 is 0 Å². The van der Waals surface area contributed by atoms with Crippen LogP contribution >= 0.6 is 11.8 Å². The van der Waals surface area contributed by atoms with E-state index in [0.717, 1.165) is 27.8 Å². The summed E-state index contributed by atoms with van der Waals surface area (Å²) in [6, 6.07) is 17.9. The Morgan fingerprint density at radius 1 is 1.00 bits per heavy atom. The van der Waals surface area contributed by atoms with Crippen LogP contribution < -0.4 is 5.32 Å². The molecule has 0 saturated heterocycles. The van der Waals surface area contributed by atoms with Gasteiger partial charge in [-0.15, -0.1) is 0 Å². The maximum absolute atomic E-state index is 12.8. The van der Waals surface area contributed by atoms with E-state index in [-0.39, 0.29) is 5.91 Å².